The van der Waals surface area contributed by atoms with Crippen molar-refractivity contribution in [3.63, 3.8) is 0 Å². The van der Waals surface area contributed by atoms with E-state index in [0.717, 1.165) is 49.9 Å². The Morgan fingerprint density at radius 1 is 1.32 bits per heavy atom. The van der Waals surface area contributed by atoms with Crippen molar-refractivity contribution in [1.82, 2.24) is 19.7 Å². The molecule has 0 radical (unpaired) electrons. The molecule has 3 rings (SSSR count). The lowest BCUT2D eigenvalue weighted by atomic mass is 10.1. The number of ether oxygens (including phenoxy) is 1. The summed E-state index contributed by atoms with van der Waals surface area (Å²) in [6.45, 7) is 9.48. The predicted molar refractivity (Wildman–Crippen MR) is 85.1 cm³/mol. The first-order chi connectivity index (χ1) is 10.6. The van der Waals surface area contributed by atoms with Crippen molar-refractivity contribution in [2.24, 2.45) is 0 Å². The highest BCUT2D eigenvalue weighted by molar-refractivity contribution is 5.36. The molecule has 3 heterocycles. The molecule has 0 aromatic carbocycles. The molecule has 0 saturated carbocycles. The summed E-state index contributed by atoms with van der Waals surface area (Å²) in [6.07, 6.45) is 2.67. The number of hydrogen-bond donors (Lipinski definition) is 1. The lowest BCUT2D eigenvalue weighted by Crippen LogP contribution is -2.14. The fourth-order valence-corrected chi connectivity index (χ4v) is 2.75. The van der Waals surface area contributed by atoms with E-state index >= 15 is 0 Å². The third-order valence-electron chi connectivity index (χ3n) is 4.41. The van der Waals surface area contributed by atoms with Crippen LogP contribution in [0.1, 0.15) is 35.0 Å². The van der Waals surface area contributed by atoms with Crippen LogP contribution in [0.25, 0.3) is 0 Å². The highest BCUT2D eigenvalue weighted by Gasteiger charge is 2.19. The van der Waals surface area contributed by atoms with Gasteiger partial charge in [-0.3, -0.25) is 4.68 Å². The van der Waals surface area contributed by atoms with Gasteiger partial charge in [-0.25, -0.2) is 9.97 Å². The summed E-state index contributed by atoms with van der Waals surface area (Å²) in [5.41, 5.74) is 4.66. The maximum Gasteiger partial charge on any atom is 0.129 e. The summed E-state index contributed by atoms with van der Waals surface area (Å²) in [4.78, 5) is 8.66. The average molecular weight is 301 g/mol. The topological polar surface area (TPSA) is 64.9 Å². The summed E-state index contributed by atoms with van der Waals surface area (Å²) in [5, 5.41) is 7.91. The first-order valence-corrected chi connectivity index (χ1v) is 7.79. The second-order valence-electron chi connectivity index (χ2n) is 5.83. The van der Waals surface area contributed by atoms with Gasteiger partial charge in [0.2, 0.25) is 0 Å². The standard InChI is InChI=1S/C16H23N5O/c1-11-12(2)20-21(13(11)3)6-5-17-16-8-15(18-10-19-16)14-4-7-22-9-14/h8,10,14H,4-7,9H2,1-3H3,(H,17,18,19)/t14-/m0/s1. The van der Waals surface area contributed by atoms with Crippen molar-refractivity contribution in [3.8, 4) is 0 Å². The minimum absolute atomic E-state index is 0.405. The van der Waals surface area contributed by atoms with Gasteiger partial charge in [0.25, 0.3) is 0 Å². The fourth-order valence-electron chi connectivity index (χ4n) is 2.75. The van der Waals surface area contributed by atoms with Gasteiger partial charge in [0.1, 0.15) is 12.1 Å². The Morgan fingerprint density at radius 3 is 2.86 bits per heavy atom. The maximum atomic E-state index is 5.42. The minimum atomic E-state index is 0.405. The van der Waals surface area contributed by atoms with Gasteiger partial charge in [0.05, 0.1) is 24.5 Å². The van der Waals surface area contributed by atoms with E-state index in [1.807, 2.05) is 17.7 Å². The van der Waals surface area contributed by atoms with E-state index in [4.69, 9.17) is 4.74 Å². The second-order valence-corrected chi connectivity index (χ2v) is 5.83. The zero-order valence-corrected chi connectivity index (χ0v) is 13.5. The number of aryl methyl sites for hydroxylation is 1. The minimum Gasteiger partial charge on any atom is -0.381 e. The summed E-state index contributed by atoms with van der Waals surface area (Å²) in [7, 11) is 0. The molecule has 1 saturated heterocycles. The van der Waals surface area contributed by atoms with E-state index in [1.165, 1.54) is 11.3 Å². The molecular weight excluding hydrogens is 278 g/mol. The van der Waals surface area contributed by atoms with Gasteiger partial charge in [0.15, 0.2) is 0 Å². The van der Waals surface area contributed by atoms with Crippen LogP contribution in [-0.2, 0) is 11.3 Å². The maximum absolute atomic E-state index is 5.42. The Morgan fingerprint density at radius 2 is 2.18 bits per heavy atom. The first kappa shape index (κ1) is 15.0. The monoisotopic (exact) mass is 301 g/mol. The Labute approximate surface area is 130 Å². The first-order valence-electron chi connectivity index (χ1n) is 7.79. The summed E-state index contributed by atoms with van der Waals surface area (Å²) in [6, 6.07) is 2.03. The normalized spacial score (nSPS) is 17.9. The predicted octanol–water partition coefficient (Wildman–Crippen LogP) is 2.21. The Balaban J connectivity index is 1.59. The van der Waals surface area contributed by atoms with Crippen LogP contribution in [0.15, 0.2) is 12.4 Å². The Kier molecular flexibility index (Phi) is 4.38. The van der Waals surface area contributed by atoms with Crippen LogP contribution < -0.4 is 5.32 Å². The van der Waals surface area contributed by atoms with Crippen molar-refractivity contribution in [2.75, 3.05) is 25.1 Å². The van der Waals surface area contributed by atoms with Crippen molar-refractivity contribution in [2.45, 2.75) is 39.7 Å². The third-order valence-corrected chi connectivity index (χ3v) is 4.41. The number of hydrogen-bond acceptors (Lipinski definition) is 5. The van der Waals surface area contributed by atoms with Gasteiger partial charge in [-0.05, 0) is 32.8 Å². The molecule has 0 bridgehead atoms. The van der Waals surface area contributed by atoms with Gasteiger partial charge < -0.3 is 10.1 Å². The molecule has 1 fully saturated rings. The lowest BCUT2D eigenvalue weighted by Gasteiger charge is -2.10. The van der Waals surface area contributed by atoms with Crippen LogP contribution in [0, 0.1) is 20.8 Å². The molecule has 1 aliphatic rings. The molecule has 2 aromatic rings. The van der Waals surface area contributed by atoms with Crippen LogP contribution >= 0.6 is 0 Å². The smallest absolute Gasteiger partial charge is 0.129 e. The lowest BCUT2D eigenvalue weighted by molar-refractivity contribution is 0.193. The Hall–Kier alpha value is -1.95. The molecule has 1 aliphatic heterocycles. The Bertz CT molecular complexity index is 646. The van der Waals surface area contributed by atoms with Crippen molar-refractivity contribution in [3.05, 3.63) is 35.0 Å². The molecular formula is C16H23N5O. The molecule has 1 N–H and O–H groups in total. The highest BCUT2D eigenvalue weighted by atomic mass is 16.5. The van der Waals surface area contributed by atoms with Crippen molar-refractivity contribution < 1.29 is 4.74 Å². The van der Waals surface area contributed by atoms with Gasteiger partial charge >= 0.3 is 0 Å². The van der Waals surface area contributed by atoms with Gasteiger partial charge in [-0.15, -0.1) is 0 Å². The molecule has 22 heavy (non-hydrogen) atoms. The van der Waals surface area contributed by atoms with E-state index in [1.54, 1.807) is 6.33 Å². The average Bonchev–Trinajstić information content (AvgIpc) is 3.14. The van der Waals surface area contributed by atoms with Crippen molar-refractivity contribution >= 4 is 5.82 Å². The van der Waals surface area contributed by atoms with Gasteiger partial charge in [0, 0.05) is 30.8 Å². The van der Waals surface area contributed by atoms with E-state index in [2.05, 4.69) is 34.2 Å². The molecule has 6 nitrogen and oxygen atoms in total. The quantitative estimate of drug-likeness (QED) is 0.917. The van der Waals surface area contributed by atoms with Crippen LogP contribution in [0.4, 0.5) is 5.82 Å². The van der Waals surface area contributed by atoms with E-state index in [0.29, 0.717) is 5.92 Å². The van der Waals surface area contributed by atoms with Crippen LogP contribution in [0.2, 0.25) is 0 Å². The number of nitrogens with one attached hydrogen (secondary N) is 1. The van der Waals surface area contributed by atoms with E-state index in [-0.39, 0.29) is 0 Å². The SMILES string of the molecule is Cc1nn(CCNc2cc([C@H]3CCOC3)ncn2)c(C)c1C. The summed E-state index contributed by atoms with van der Waals surface area (Å²) in [5.74, 6) is 1.28. The molecule has 1 atom stereocenters. The number of nitrogens with zero attached hydrogens (tertiary/aromatic N) is 4. The number of anilines is 1. The third kappa shape index (κ3) is 3.11. The molecule has 2 aromatic heterocycles. The molecule has 0 unspecified atom stereocenters. The summed E-state index contributed by atoms with van der Waals surface area (Å²) < 4.78 is 7.47. The second kappa shape index (κ2) is 6.44. The molecule has 118 valence electrons. The number of rotatable bonds is 5. The van der Waals surface area contributed by atoms with Crippen LogP contribution in [0.3, 0.4) is 0 Å². The highest BCUT2D eigenvalue weighted by Crippen LogP contribution is 2.24. The largest absolute Gasteiger partial charge is 0.381 e. The van der Waals surface area contributed by atoms with Crippen LogP contribution in [0.5, 0.6) is 0 Å². The van der Waals surface area contributed by atoms with E-state index < -0.39 is 0 Å². The molecule has 0 spiro atoms. The fraction of sp³-hybridized carbons (Fsp3) is 0.562. The van der Waals surface area contributed by atoms with E-state index in [9.17, 15) is 0 Å². The number of aromatic nitrogens is 4. The zero-order valence-electron chi connectivity index (χ0n) is 13.5. The molecule has 6 heteroatoms. The van der Waals surface area contributed by atoms with Gasteiger partial charge in [-0.2, -0.15) is 5.10 Å². The summed E-state index contributed by atoms with van der Waals surface area (Å²) >= 11 is 0. The molecule has 0 aliphatic carbocycles. The van der Waals surface area contributed by atoms with Gasteiger partial charge in [-0.1, -0.05) is 0 Å². The zero-order chi connectivity index (χ0) is 15.5. The van der Waals surface area contributed by atoms with Crippen LogP contribution in [-0.4, -0.2) is 39.5 Å². The molecule has 0 amide bonds. The van der Waals surface area contributed by atoms with Crippen molar-refractivity contribution in [1.29, 1.82) is 0 Å².